The quantitative estimate of drug-likeness (QED) is 0.880. The van der Waals surface area contributed by atoms with Gasteiger partial charge < -0.3 is 5.32 Å². The molecule has 0 radical (unpaired) electrons. The molecule has 0 atom stereocenters. The lowest BCUT2D eigenvalue weighted by molar-refractivity contribution is 0.0954. The SMILES string of the molecule is Cc1cccc(CCNC(=O)c2ccnc(Br)c2)c1. The number of aryl methyl sites for hydroxylation is 1. The number of hydrogen-bond acceptors (Lipinski definition) is 2. The molecule has 98 valence electrons. The largest absolute Gasteiger partial charge is 0.352 e. The Labute approximate surface area is 121 Å². The van der Waals surface area contributed by atoms with Gasteiger partial charge >= 0.3 is 0 Å². The fourth-order valence-corrected chi connectivity index (χ4v) is 2.20. The number of pyridine rings is 1. The second-order valence-electron chi connectivity index (χ2n) is 4.36. The molecule has 0 aliphatic rings. The summed E-state index contributed by atoms with van der Waals surface area (Å²) in [7, 11) is 0. The van der Waals surface area contributed by atoms with E-state index >= 15 is 0 Å². The number of amides is 1. The molecule has 2 rings (SSSR count). The van der Waals surface area contributed by atoms with Crippen molar-refractivity contribution in [2.75, 3.05) is 6.54 Å². The average molecular weight is 319 g/mol. The highest BCUT2D eigenvalue weighted by atomic mass is 79.9. The molecule has 0 unspecified atom stereocenters. The van der Waals surface area contributed by atoms with Gasteiger partial charge in [0.2, 0.25) is 0 Å². The molecule has 1 N–H and O–H groups in total. The van der Waals surface area contributed by atoms with Crippen LogP contribution in [0.5, 0.6) is 0 Å². The van der Waals surface area contributed by atoms with E-state index in [-0.39, 0.29) is 5.91 Å². The van der Waals surface area contributed by atoms with Gasteiger partial charge in [-0.15, -0.1) is 0 Å². The number of halogens is 1. The highest BCUT2D eigenvalue weighted by Gasteiger charge is 2.05. The van der Waals surface area contributed by atoms with Crippen LogP contribution in [0.2, 0.25) is 0 Å². The minimum Gasteiger partial charge on any atom is -0.352 e. The molecule has 3 nitrogen and oxygen atoms in total. The standard InChI is InChI=1S/C15H15BrN2O/c1-11-3-2-4-12(9-11)5-7-18-15(19)13-6-8-17-14(16)10-13/h2-4,6,8-10H,5,7H2,1H3,(H,18,19). The molecule has 0 saturated carbocycles. The Hall–Kier alpha value is -1.68. The van der Waals surface area contributed by atoms with Gasteiger partial charge in [0.1, 0.15) is 4.60 Å². The van der Waals surface area contributed by atoms with Crippen LogP contribution in [0, 0.1) is 6.92 Å². The minimum atomic E-state index is -0.0734. The Balaban J connectivity index is 1.87. The fraction of sp³-hybridized carbons (Fsp3) is 0.200. The van der Waals surface area contributed by atoms with Gasteiger partial charge in [0.05, 0.1) is 0 Å². The second kappa shape index (κ2) is 6.48. The molecule has 0 spiro atoms. The summed E-state index contributed by atoms with van der Waals surface area (Å²) in [6.45, 7) is 2.69. The molecule has 1 heterocycles. The van der Waals surface area contributed by atoms with Crippen molar-refractivity contribution in [3.05, 3.63) is 63.9 Å². The van der Waals surface area contributed by atoms with E-state index in [2.05, 4.69) is 51.4 Å². The van der Waals surface area contributed by atoms with Crippen LogP contribution in [-0.4, -0.2) is 17.4 Å². The highest BCUT2D eigenvalue weighted by molar-refractivity contribution is 9.10. The average Bonchev–Trinajstić information content (AvgIpc) is 2.38. The van der Waals surface area contributed by atoms with E-state index in [1.807, 2.05) is 6.07 Å². The summed E-state index contributed by atoms with van der Waals surface area (Å²) in [4.78, 5) is 15.9. The molecule has 4 heteroatoms. The second-order valence-corrected chi connectivity index (χ2v) is 5.17. The maximum Gasteiger partial charge on any atom is 0.251 e. The topological polar surface area (TPSA) is 42.0 Å². The third kappa shape index (κ3) is 4.17. The predicted octanol–water partition coefficient (Wildman–Crippen LogP) is 3.13. The number of hydrogen-bond donors (Lipinski definition) is 1. The van der Waals surface area contributed by atoms with Crippen LogP contribution in [0.25, 0.3) is 0 Å². The van der Waals surface area contributed by atoms with Crippen molar-refractivity contribution in [3.8, 4) is 0 Å². The van der Waals surface area contributed by atoms with Crippen molar-refractivity contribution in [3.63, 3.8) is 0 Å². The first-order valence-corrected chi connectivity index (χ1v) is 6.90. The predicted molar refractivity (Wildman–Crippen MR) is 79.2 cm³/mol. The maximum absolute atomic E-state index is 11.9. The number of rotatable bonds is 4. The molecule has 0 fully saturated rings. The Morgan fingerprint density at radius 2 is 2.16 bits per heavy atom. The van der Waals surface area contributed by atoms with E-state index in [4.69, 9.17) is 0 Å². The summed E-state index contributed by atoms with van der Waals surface area (Å²) >= 11 is 3.25. The minimum absolute atomic E-state index is 0.0734. The van der Waals surface area contributed by atoms with Crippen LogP contribution in [0.3, 0.4) is 0 Å². The smallest absolute Gasteiger partial charge is 0.251 e. The first-order chi connectivity index (χ1) is 9.15. The van der Waals surface area contributed by atoms with Gasteiger partial charge in [-0.25, -0.2) is 4.98 Å². The number of nitrogens with one attached hydrogen (secondary N) is 1. The van der Waals surface area contributed by atoms with Gasteiger partial charge in [-0.05, 0) is 47.0 Å². The number of nitrogens with zero attached hydrogens (tertiary/aromatic N) is 1. The monoisotopic (exact) mass is 318 g/mol. The van der Waals surface area contributed by atoms with E-state index in [1.165, 1.54) is 11.1 Å². The van der Waals surface area contributed by atoms with Crippen molar-refractivity contribution in [1.82, 2.24) is 10.3 Å². The number of carbonyl (C=O) groups excluding carboxylic acids is 1. The number of benzene rings is 1. The Morgan fingerprint density at radius 3 is 2.89 bits per heavy atom. The summed E-state index contributed by atoms with van der Waals surface area (Å²) in [5.41, 5.74) is 3.09. The van der Waals surface area contributed by atoms with Gasteiger partial charge in [0, 0.05) is 18.3 Å². The van der Waals surface area contributed by atoms with Crippen molar-refractivity contribution in [2.24, 2.45) is 0 Å². The maximum atomic E-state index is 11.9. The molecule has 0 aliphatic carbocycles. The number of carbonyl (C=O) groups is 1. The summed E-state index contributed by atoms with van der Waals surface area (Å²) in [6.07, 6.45) is 2.44. The van der Waals surface area contributed by atoms with Gasteiger partial charge in [0.25, 0.3) is 5.91 Å². The van der Waals surface area contributed by atoms with Crippen LogP contribution >= 0.6 is 15.9 Å². The van der Waals surface area contributed by atoms with Crippen molar-refractivity contribution < 1.29 is 4.79 Å². The zero-order chi connectivity index (χ0) is 13.7. The van der Waals surface area contributed by atoms with Crippen molar-refractivity contribution >= 4 is 21.8 Å². The van der Waals surface area contributed by atoms with E-state index < -0.39 is 0 Å². The molecule has 19 heavy (non-hydrogen) atoms. The summed E-state index contributed by atoms with van der Waals surface area (Å²) < 4.78 is 0.666. The Kier molecular flexibility index (Phi) is 4.68. The molecule has 0 aliphatic heterocycles. The zero-order valence-corrected chi connectivity index (χ0v) is 12.3. The first kappa shape index (κ1) is 13.7. The van der Waals surface area contributed by atoms with Gasteiger partial charge in [-0.1, -0.05) is 29.8 Å². The molecule has 0 bridgehead atoms. The third-order valence-electron chi connectivity index (χ3n) is 2.77. The molecular formula is C15H15BrN2O. The summed E-state index contributed by atoms with van der Waals surface area (Å²) in [6, 6.07) is 11.7. The van der Waals surface area contributed by atoms with Crippen LogP contribution in [-0.2, 0) is 6.42 Å². The lowest BCUT2D eigenvalue weighted by atomic mass is 10.1. The lowest BCUT2D eigenvalue weighted by Gasteiger charge is -2.06. The first-order valence-electron chi connectivity index (χ1n) is 6.10. The molecule has 0 saturated heterocycles. The van der Waals surface area contributed by atoms with Crippen LogP contribution < -0.4 is 5.32 Å². The lowest BCUT2D eigenvalue weighted by Crippen LogP contribution is -2.25. The molecule has 1 aromatic heterocycles. The number of aromatic nitrogens is 1. The summed E-state index contributed by atoms with van der Waals surface area (Å²) in [5, 5.41) is 2.91. The van der Waals surface area contributed by atoms with E-state index in [0.717, 1.165) is 6.42 Å². The van der Waals surface area contributed by atoms with Crippen LogP contribution in [0.4, 0.5) is 0 Å². The van der Waals surface area contributed by atoms with E-state index in [0.29, 0.717) is 16.7 Å². The zero-order valence-electron chi connectivity index (χ0n) is 10.7. The van der Waals surface area contributed by atoms with Crippen molar-refractivity contribution in [1.29, 1.82) is 0 Å². The van der Waals surface area contributed by atoms with Gasteiger partial charge in [0.15, 0.2) is 0 Å². The molecule has 1 amide bonds. The molecule has 2 aromatic rings. The highest BCUT2D eigenvalue weighted by Crippen LogP contribution is 2.08. The van der Waals surface area contributed by atoms with E-state index in [1.54, 1.807) is 18.3 Å². The third-order valence-corrected chi connectivity index (χ3v) is 3.20. The van der Waals surface area contributed by atoms with Gasteiger partial charge in [-0.2, -0.15) is 0 Å². The van der Waals surface area contributed by atoms with Gasteiger partial charge in [-0.3, -0.25) is 4.79 Å². The van der Waals surface area contributed by atoms with Crippen molar-refractivity contribution in [2.45, 2.75) is 13.3 Å². The van der Waals surface area contributed by atoms with E-state index in [9.17, 15) is 4.79 Å². The van der Waals surface area contributed by atoms with Crippen LogP contribution in [0.15, 0.2) is 47.2 Å². The normalized spacial score (nSPS) is 10.2. The fourth-order valence-electron chi connectivity index (χ4n) is 1.83. The Bertz CT molecular complexity index is 584. The molecule has 1 aromatic carbocycles. The summed E-state index contributed by atoms with van der Waals surface area (Å²) in [5.74, 6) is -0.0734. The Morgan fingerprint density at radius 1 is 1.32 bits per heavy atom. The van der Waals surface area contributed by atoms with Crippen LogP contribution in [0.1, 0.15) is 21.5 Å². The molecular weight excluding hydrogens is 304 g/mol.